The highest BCUT2D eigenvalue weighted by Crippen LogP contribution is 2.25. The van der Waals surface area contributed by atoms with Crippen molar-refractivity contribution >= 4 is 28.6 Å². The number of likely N-dealkylation sites (tertiary alicyclic amines) is 1. The topological polar surface area (TPSA) is 84.4 Å². The molecule has 3 aromatic rings. The average molecular weight is 358 g/mol. The molecule has 1 aliphatic heterocycles. The van der Waals surface area contributed by atoms with Crippen molar-refractivity contribution in [1.82, 2.24) is 24.5 Å². The first kappa shape index (κ1) is 16.3. The minimum Gasteiger partial charge on any atom is -0.337 e. The summed E-state index contributed by atoms with van der Waals surface area (Å²) < 4.78 is 1.85. The Bertz CT molecular complexity index is 853. The molecular weight excluding hydrogens is 338 g/mol. The van der Waals surface area contributed by atoms with Gasteiger partial charge in [-0.05, 0) is 49.7 Å². The fourth-order valence-corrected chi connectivity index (χ4v) is 3.29. The molecule has 4 heterocycles. The van der Waals surface area contributed by atoms with Crippen LogP contribution in [-0.2, 0) is 6.54 Å². The van der Waals surface area contributed by atoms with Gasteiger partial charge in [-0.1, -0.05) is 11.6 Å². The highest BCUT2D eigenvalue weighted by Gasteiger charge is 2.18. The number of piperidine rings is 1. The summed E-state index contributed by atoms with van der Waals surface area (Å²) in [5.74, 6) is 0.757. The highest BCUT2D eigenvalue weighted by atomic mass is 35.5. The molecule has 4 rings (SSSR count). The van der Waals surface area contributed by atoms with E-state index in [1.807, 2.05) is 16.8 Å². The van der Waals surface area contributed by atoms with Crippen molar-refractivity contribution < 1.29 is 0 Å². The summed E-state index contributed by atoms with van der Waals surface area (Å²) in [5, 5.41) is 8.09. The second-order valence-corrected chi connectivity index (χ2v) is 6.74. The zero-order chi connectivity index (χ0) is 17.2. The van der Waals surface area contributed by atoms with Crippen LogP contribution in [0.3, 0.4) is 0 Å². The van der Waals surface area contributed by atoms with Gasteiger partial charge >= 0.3 is 0 Å². The number of rotatable bonds is 4. The summed E-state index contributed by atoms with van der Waals surface area (Å²) in [4.78, 5) is 10.9. The van der Waals surface area contributed by atoms with E-state index < -0.39 is 0 Å². The summed E-state index contributed by atoms with van der Waals surface area (Å²) in [6, 6.07) is 6.06. The smallest absolute Gasteiger partial charge is 0.158 e. The Morgan fingerprint density at radius 2 is 2.04 bits per heavy atom. The molecule has 3 aromatic heterocycles. The van der Waals surface area contributed by atoms with Crippen LogP contribution in [0, 0.1) is 0 Å². The van der Waals surface area contributed by atoms with E-state index in [4.69, 9.17) is 17.3 Å². The number of pyridine rings is 1. The Hall–Kier alpha value is -2.22. The Kier molecular flexibility index (Phi) is 4.52. The number of nitrogens with one attached hydrogen (secondary N) is 1. The van der Waals surface area contributed by atoms with Crippen molar-refractivity contribution in [2.24, 2.45) is 5.73 Å². The fourth-order valence-electron chi connectivity index (χ4n) is 3.18. The molecule has 0 amide bonds. The lowest BCUT2D eigenvalue weighted by Crippen LogP contribution is -2.39. The Morgan fingerprint density at radius 3 is 2.80 bits per heavy atom. The molecule has 3 N–H and O–H groups in total. The highest BCUT2D eigenvalue weighted by molar-refractivity contribution is 6.29. The average Bonchev–Trinajstić information content (AvgIpc) is 3.03. The van der Waals surface area contributed by atoms with E-state index in [0.29, 0.717) is 11.2 Å². The molecule has 7 nitrogen and oxygen atoms in total. The van der Waals surface area contributed by atoms with Gasteiger partial charge in [-0.2, -0.15) is 5.10 Å². The minimum absolute atomic E-state index is 0.333. The number of nitrogens with two attached hydrogens (primary N) is 1. The fraction of sp³-hybridized carbons (Fsp3) is 0.353. The Morgan fingerprint density at radius 1 is 1.20 bits per heavy atom. The largest absolute Gasteiger partial charge is 0.337 e. The van der Waals surface area contributed by atoms with Gasteiger partial charge in [0.2, 0.25) is 0 Å². The molecule has 0 unspecified atom stereocenters. The second kappa shape index (κ2) is 6.95. The van der Waals surface area contributed by atoms with E-state index >= 15 is 0 Å². The number of nitrogens with zero attached hydrogens (tertiary/aromatic N) is 5. The summed E-state index contributed by atoms with van der Waals surface area (Å²) in [5.41, 5.74) is 9.01. The molecule has 0 aromatic carbocycles. The van der Waals surface area contributed by atoms with Gasteiger partial charge in [0.25, 0.3) is 0 Å². The maximum atomic E-state index is 6.01. The molecule has 130 valence electrons. The SMILES string of the molecule is NC1CCN(Cc2ccn3ncnc(Nc4ccc(Cl)nc4)c23)CC1. The summed E-state index contributed by atoms with van der Waals surface area (Å²) in [6.07, 6.45) is 7.29. The van der Waals surface area contributed by atoms with Gasteiger partial charge in [0, 0.05) is 18.8 Å². The van der Waals surface area contributed by atoms with Crippen molar-refractivity contribution in [3.63, 3.8) is 0 Å². The zero-order valence-electron chi connectivity index (χ0n) is 13.8. The van der Waals surface area contributed by atoms with E-state index in [-0.39, 0.29) is 0 Å². The number of halogens is 1. The van der Waals surface area contributed by atoms with Crippen LogP contribution in [0.25, 0.3) is 5.52 Å². The van der Waals surface area contributed by atoms with Crippen LogP contribution in [-0.4, -0.2) is 43.6 Å². The summed E-state index contributed by atoms with van der Waals surface area (Å²) >= 11 is 5.85. The van der Waals surface area contributed by atoms with E-state index in [0.717, 1.165) is 49.5 Å². The van der Waals surface area contributed by atoms with Crippen molar-refractivity contribution in [3.05, 3.63) is 47.6 Å². The molecule has 1 aliphatic rings. The predicted molar refractivity (Wildman–Crippen MR) is 98.0 cm³/mol. The molecule has 0 atom stereocenters. The van der Waals surface area contributed by atoms with E-state index in [9.17, 15) is 0 Å². The van der Waals surface area contributed by atoms with Crippen LogP contribution in [0.2, 0.25) is 5.15 Å². The third-order valence-electron chi connectivity index (χ3n) is 4.55. The molecule has 0 radical (unpaired) electrons. The molecule has 0 spiro atoms. The number of fused-ring (bicyclic) bond motifs is 1. The van der Waals surface area contributed by atoms with Crippen LogP contribution < -0.4 is 11.1 Å². The van der Waals surface area contributed by atoms with Crippen LogP contribution in [0.5, 0.6) is 0 Å². The van der Waals surface area contributed by atoms with E-state index in [1.165, 1.54) is 5.56 Å². The number of anilines is 2. The van der Waals surface area contributed by atoms with E-state index in [2.05, 4.69) is 31.3 Å². The van der Waals surface area contributed by atoms with Crippen LogP contribution in [0.1, 0.15) is 18.4 Å². The minimum atomic E-state index is 0.333. The Balaban J connectivity index is 1.61. The maximum absolute atomic E-state index is 6.01. The molecule has 8 heteroatoms. The van der Waals surface area contributed by atoms with Crippen molar-refractivity contribution in [3.8, 4) is 0 Å². The van der Waals surface area contributed by atoms with Gasteiger partial charge in [0.15, 0.2) is 5.82 Å². The zero-order valence-corrected chi connectivity index (χ0v) is 14.5. The molecule has 1 saturated heterocycles. The van der Waals surface area contributed by atoms with Crippen LogP contribution >= 0.6 is 11.6 Å². The molecular formula is C17H20ClN7. The van der Waals surface area contributed by atoms with E-state index in [1.54, 1.807) is 18.6 Å². The van der Waals surface area contributed by atoms with Crippen molar-refractivity contribution in [2.75, 3.05) is 18.4 Å². The first-order valence-electron chi connectivity index (χ1n) is 8.37. The van der Waals surface area contributed by atoms with Gasteiger partial charge < -0.3 is 11.1 Å². The third-order valence-corrected chi connectivity index (χ3v) is 4.78. The molecule has 0 aliphatic carbocycles. The number of hydrogen-bond acceptors (Lipinski definition) is 6. The third kappa shape index (κ3) is 3.58. The maximum Gasteiger partial charge on any atom is 0.158 e. The molecule has 0 saturated carbocycles. The standard InChI is InChI=1S/C17H20ClN7/c18-15-2-1-14(9-20-15)23-17-16-12(3-8-25(16)22-11-21-17)10-24-6-4-13(19)5-7-24/h1-3,8-9,11,13H,4-7,10,19H2,(H,21,22,23). The first-order valence-corrected chi connectivity index (χ1v) is 8.74. The van der Waals surface area contributed by atoms with Crippen LogP contribution in [0.4, 0.5) is 11.5 Å². The number of aromatic nitrogens is 4. The van der Waals surface area contributed by atoms with Gasteiger partial charge in [-0.15, -0.1) is 0 Å². The predicted octanol–water partition coefficient (Wildman–Crippen LogP) is 2.44. The summed E-state index contributed by atoms with van der Waals surface area (Å²) in [7, 11) is 0. The normalized spacial score (nSPS) is 16.4. The summed E-state index contributed by atoms with van der Waals surface area (Å²) in [6.45, 7) is 2.91. The van der Waals surface area contributed by atoms with Gasteiger partial charge in [0.05, 0.1) is 11.9 Å². The van der Waals surface area contributed by atoms with Gasteiger partial charge in [-0.25, -0.2) is 14.5 Å². The Labute approximate surface area is 150 Å². The molecule has 0 bridgehead atoms. The second-order valence-electron chi connectivity index (χ2n) is 6.35. The quantitative estimate of drug-likeness (QED) is 0.698. The van der Waals surface area contributed by atoms with Crippen molar-refractivity contribution in [1.29, 1.82) is 0 Å². The molecule has 1 fully saturated rings. The van der Waals surface area contributed by atoms with Gasteiger partial charge in [0.1, 0.15) is 17.0 Å². The van der Waals surface area contributed by atoms with Crippen LogP contribution in [0.15, 0.2) is 36.9 Å². The van der Waals surface area contributed by atoms with Crippen molar-refractivity contribution in [2.45, 2.75) is 25.4 Å². The number of hydrogen-bond donors (Lipinski definition) is 2. The lowest BCUT2D eigenvalue weighted by molar-refractivity contribution is 0.206. The van der Waals surface area contributed by atoms with Gasteiger partial charge in [-0.3, -0.25) is 4.90 Å². The lowest BCUT2D eigenvalue weighted by Gasteiger charge is -2.29. The lowest BCUT2D eigenvalue weighted by atomic mass is 10.1. The first-order chi connectivity index (χ1) is 12.2. The molecule has 25 heavy (non-hydrogen) atoms. The monoisotopic (exact) mass is 357 g/mol.